The van der Waals surface area contributed by atoms with E-state index < -0.39 is 6.10 Å². The maximum Gasteiger partial charge on any atom is 0.305 e. The number of aromatic nitrogens is 1. The standard InChI is InChI=1S/C28H33Cl2NO4/c1-18(15-27(34)35-3)14-26(33)28-22-17-21(30)12-13-23(22)31(2)24(28)10-5-4-6-11-25(32)19-8-7-9-20(29)16-19/h7-9,12-13,16-18,25,32H,4-6,10-11,14-15H2,1-3H3/t18-,25?/m0/s1. The molecular weight excluding hydrogens is 485 g/mol. The maximum absolute atomic E-state index is 13.4. The first kappa shape index (κ1) is 27.3. The molecule has 0 aliphatic rings. The quantitative estimate of drug-likeness (QED) is 0.158. The van der Waals surface area contributed by atoms with Crippen LogP contribution in [0.15, 0.2) is 42.5 Å². The molecule has 35 heavy (non-hydrogen) atoms. The molecule has 0 aliphatic carbocycles. The molecule has 2 atom stereocenters. The Hall–Kier alpha value is -2.34. The van der Waals surface area contributed by atoms with Crippen molar-refractivity contribution in [2.45, 2.75) is 58.0 Å². The molecule has 3 aromatic rings. The van der Waals surface area contributed by atoms with Gasteiger partial charge in [0.1, 0.15) is 0 Å². The van der Waals surface area contributed by atoms with Crippen LogP contribution < -0.4 is 0 Å². The van der Waals surface area contributed by atoms with E-state index in [2.05, 4.69) is 4.57 Å². The lowest BCUT2D eigenvalue weighted by Gasteiger charge is -2.12. The first-order valence-corrected chi connectivity index (χ1v) is 12.8. The molecule has 1 heterocycles. The molecule has 2 aromatic carbocycles. The minimum Gasteiger partial charge on any atom is -0.469 e. The molecular formula is C28H33Cl2NO4. The predicted molar refractivity (Wildman–Crippen MR) is 141 cm³/mol. The van der Waals surface area contributed by atoms with Gasteiger partial charge < -0.3 is 14.4 Å². The second-order valence-electron chi connectivity index (χ2n) is 9.23. The molecule has 0 spiro atoms. The smallest absolute Gasteiger partial charge is 0.305 e. The Bertz CT molecular complexity index is 1190. The van der Waals surface area contributed by atoms with Gasteiger partial charge in [0.25, 0.3) is 0 Å². The summed E-state index contributed by atoms with van der Waals surface area (Å²) in [5, 5.41) is 12.5. The summed E-state index contributed by atoms with van der Waals surface area (Å²) in [6, 6.07) is 12.9. The van der Waals surface area contributed by atoms with Gasteiger partial charge in [-0.25, -0.2) is 0 Å². The van der Waals surface area contributed by atoms with E-state index in [4.69, 9.17) is 27.9 Å². The molecule has 1 N–H and O–H groups in total. The van der Waals surface area contributed by atoms with Crippen LogP contribution in [0.5, 0.6) is 0 Å². The van der Waals surface area contributed by atoms with Gasteiger partial charge in [-0.15, -0.1) is 0 Å². The summed E-state index contributed by atoms with van der Waals surface area (Å²) >= 11 is 12.3. The van der Waals surface area contributed by atoms with Gasteiger partial charge in [0.05, 0.1) is 13.2 Å². The van der Waals surface area contributed by atoms with Crippen molar-refractivity contribution >= 4 is 45.9 Å². The Labute approximate surface area is 217 Å². The largest absolute Gasteiger partial charge is 0.469 e. The molecule has 0 aliphatic heterocycles. The summed E-state index contributed by atoms with van der Waals surface area (Å²) in [6.45, 7) is 1.89. The molecule has 1 aromatic heterocycles. The average Bonchev–Trinajstić information content (AvgIpc) is 3.09. The number of rotatable bonds is 12. The minimum absolute atomic E-state index is 0.0145. The number of hydrogen-bond acceptors (Lipinski definition) is 4. The summed E-state index contributed by atoms with van der Waals surface area (Å²) in [6.07, 6.45) is 4.00. The molecule has 0 amide bonds. The number of aliphatic hydroxyl groups is 1. The van der Waals surface area contributed by atoms with Gasteiger partial charge in [0, 0.05) is 52.1 Å². The van der Waals surface area contributed by atoms with Crippen molar-refractivity contribution in [3.05, 3.63) is 69.3 Å². The highest BCUT2D eigenvalue weighted by Crippen LogP contribution is 2.31. The van der Waals surface area contributed by atoms with Crippen molar-refractivity contribution in [1.82, 2.24) is 4.57 Å². The third-order valence-corrected chi connectivity index (χ3v) is 6.93. The van der Waals surface area contributed by atoms with E-state index in [0.717, 1.165) is 47.8 Å². The second-order valence-corrected chi connectivity index (χ2v) is 10.1. The first-order valence-electron chi connectivity index (χ1n) is 12.0. The van der Waals surface area contributed by atoms with Crippen LogP contribution in [0.3, 0.4) is 0 Å². The molecule has 5 nitrogen and oxygen atoms in total. The Morgan fingerprint density at radius 2 is 1.77 bits per heavy atom. The van der Waals surface area contributed by atoms with Crippen molar-refractivity contribution in [2.24, 2.45) is 13.0 Å². The summed E-state index contributed by atoms with van der Waals surface area (Å²) in [7, 11) is 3.33. The zero-order valence-electron chi connectivity index (χ0n) is 20.5. The summed E-state index contributed by atoms with van der Waals surface area (Å²) < 4.78 is 6.83. The molecule has 0 bridgehead atoms. The fourth-order valence-corrected chi connectivity index (χ4v) is 4.99. The van der Waals surface area contributed by atoms with Gasteiger partial charge >= 0.3 is 5.97 Å². The fourth-order valence-electron chi connectivity index (χ4n) is 4.62. The van der Waals surface area contributed by atoms with Crippen molar-refractivity contribution in [3.63, 3.8) is 0 Å². The third kappa shape index (κ3) is 7.09. The fraction of sp³-hybridized carbons (Fsp3) is 0.429. The van der Waals surface area contributed by atoms with Crippen LogP contribution in [0.1, 0.15) is 73.2 Å². The van der Waals surface area contributed by atoms with Gasteiger partial charge in [-0.2, -0.15) is 0 Å². The maximum atomic E-state index is 13.4. The van der Waals surface area contributed by atoms with Crippen molar-refractivity contribution in [3.8, 4) is 0 Å². The van der Waals surface area contributed by atoms with Crippen LogP contribution in [0.2, 0.25) is 10.0 Å². The lowest BCUT2D eigenvalue weighted by atomic mass is 9.94. The SMILES string of the molecule is COC(=O)C[C@@H](C)CC(=O)c1c(CCCCCC(O)c2cccc(Cl)c2)n(C)c2ccc(Cl)cc12. The van der Waals surface area contributed by atoms with E-state index in [-0.39, 0.29) is 30.5 Å². The number of Topliss-reactive ketones (excluding diaryl/α,β-unsaturated/α-hetero) is 1. The number of halogens is 2. The number of carbonyl (C=O) groups excluding carboxylic acids is 2. The number of aryl methyl sites for hydroxylation is 1. The van der Waals surface area contributed by atoms with Crippen LogP contribution in [0.4, 0.5) is 0 Å². The number of ether oxygens (including phenoxy) is 1. The number of carbonyl (C=O) groups is 2. The number of unbranched alkanes of at least 4 members (excludes halogenated alkanes) is 2. The van der Waals surface area contributed by atoms with Gasteiger partial charge in [-0.3, -0.25) is 9.59 Å². The Morgan fingerprint density at radius 1 is 1.03 bits per heavy atom. The van der Waals surface area contributed by atoms with Gasteiger partial charge in [0.2, 0.25) is 0 Å². The molecule has 188 valence electrons. The molecule has 0 fully saturated rings. The van der Waals surface area contributed by atoms with Crippen molar-refractivity contribution in [2.75, 3.05) is 7.11 Å². The molecule has 0 radical (unpaired) electrons. The van der Waals surface area contributed by atoms with Crippen LogP contribution in [-0.2, 0) is 23.0 Å². The van der Waals surface area contributed by atoms with Crippen LogP contribution in [0, 0.1) is 5.92 Å². The van der Waals surface area contributed by atoms with Gasteiger partial charge in [0.15, 0.2) is 5.78 Å². The second kappa shape index (κ2) is 12.6. The zero-order valence-corrected chi connectivity index (χ0v) is 22.0. The van der Waals surface area contributed by atoms with Gasteiger partial charge in [-0.05, 0) is 61.1 Å². The number of nitrogens with zero attached hydrogens (tertiary/aromatic N) is 1. The van der Waals surface area contributed by atoms with E-state index in [9.17, 15) is 14.7 Å². The first-order chi connectivity index (χ1) is 16.7. The molecule has 0 saturated heterocycles. The third-order valence-electron chi connectivity index (χ3n) is 6.46. The topological polar surface area (TPSA) is 68.5 Å². The normalized spacial score (nSPS) is 13.1. The summed E-state index contributed by atoms with van der Waals surface area (Å²) in [5.41, 5.74) is 3.47. The molecule has 1 unspecified atom stereocenters. The Balaban J connectivity index is 1.69. The highest BCUT2D eigenvalue weighted by molar-refractivity contribution is 6.31. The monoisotopic (exact) mass is 517 g/mol. The lowest BCUT2D eigenvalue weighted by molar-refractivity contribution is -0.141. The lowest BCUT2D eigenvalue weighted by Crippen LogP contribution is -2.13. The van der Waals surface area contributed by atoms with Gasteiger partial charge in [-0.1, -0.05) is 55.1 Å². The van der Waals surface area contributed by atoms with Crippen molar-refractivity contribution in [1.29, 1.82) is 0 Å². The minimum atomic E-state index is -0.540. The van der Waals surface area contributed by atoms with E-state index >= 15 is 0 Å². The molecule has 3 rings (SSSR count). The Morgan fingerprint density at radius 3 is 2.49 bits per heavy atom. The highest BCUT2D eigenvalue weighted by Gasteiger charge is 2.23. The Kier molecular flexibility index (Phi) is 9.79. The number of aliphatic hydroxyl groups excluding tert-OH is 1. The zero-order chi connectivity index (χ0) is 25.5. The van der Waals surface area contributed by atoms with Crippen LogP contribution >= 0.6 is 23.2 Å². The predicted octanol–water partition coefficient (Wildman–Crippen LogP) is 7.09. The molecule has 0 saturated carbocycles. The van der Waals surface area contributed by atoms with Crippen LogP contribution in [0.25, 0.3) is 10.9 Å². The number of fused-ring (bicyclic) bond motifs is 1. The van der Waals surface area contributed by atoms with Crippen LogP contribution in [-0.4, -0.2) is 28.5 Å². The number of esters is 1. The van der Waals surface area contributed by atoms with E-state index in [1.807, 2.05) is 44.3 Å². The van der Waals surface area contributed by atoms with E-state index in [0.29, 0.717) is 22.0 Å². The summed E-state index contributed by atoms with van der Waals surface area (Å²) in [5.74, 6) is -0.419. The number of ketones is 1. The molecule has 7 heteroatoms. The number of benzene rings is 2. The number of methoxy groups -OCH3 is 1. The number of hydrogen-bond donors (Lipinski definition) is 1. The average molecular weight is 518 g/mol. The van der Waals surface area contributed by atoms with E-state index in [1.54, 1.807) is 12.1 Å². The summed E-state index contributed by atoms with van der Waals surface area (Å²) in [4.78, 5) is 25.0. The van der Waals surface area contributed by atoms with E-state index in [1.165, 1.54) is 7.11 Å². The van der Waals surface area contributed by atoms with Crippen molar-refractivity contribution < 1.29 is 19.4 Å². The highest BCUT2D eigenvalue weighted by atomic mass is 35.5.